The summed E-state index contributed by atoms with van der Waals surface area (Å²) in [5.74, 6) is -0.271. The molecule has 2 heterocycles. The Morgan fingerprint density at radius 1 is 1.22 bits per heavy atom. The molecule has 1 aliphatic rings. The molecule has 0 amide bonds. The number of nitrogens with zero attached hydrogens (tertiary/aromatic N) is 2. The summed E-state index contributed by atoms with van der Waals surface area (Å²) in [5.41, 5.74) is 10.1. The molecular weight excluding hydrogens is 405 g/mol. The Hall–Kier alpha value is -2.96. The second-order valence-corrected chi connectivity index (χ2v) is 8.87. The minimum atomic E-state index is -0.507. The molecule has 4 atom stereocenters. The standard InChI is InChI=1S/C26H28FN3O2/c1-15-6-7-21(27)20(10-15)23-4-3-5-24(30-23)25(31)13-18-14-29-9-8-19(18)17-11-16(2)26(32)22(28)12-17/h3-10,14,16-17,22,26,32H,11-13,28H2,1-2H3/t16-,17+,22+,26-/m0/s1. The fourth-order valence-electron chi connectivity index (χ4n) is 4.65. The van der Waals surface area contributed by atoms with Gasteiger partial charge in [-0.15, -0.1) is 0 Å². The summed E-state index contributed by atoms with van der Waals surface area (Å²) in [4.78, 5) is 21.8. The third kappa shape index (κ3) is 4.61. The van der Waals surface area contributed by atoms with E-state index in [9.17, 15) is 14.3 Å². The van der Waals surface area contributed by atoms with Crippen LogP contribution in [-0.2, 0) is 6.42 Å². The molecule has 3 aromatic rings. The number of halogens is 1. The highest BCUT2D eigenvalue weighted by Crippen LogP contribution is 2.37. The van der Waals surface area contributed by atoms with Crippen LogP contribution < -0.4 is 5.73 Å². The molecule has 0 radical (unpaired) electrons. The summed E-state index contributed by atoms with van der Waals surface area (Å²) in [6, 6.07) is 11.6. The summed E-state index contributed by atoms with van der Waals surface area (Å²) in [6.45, 7) is 3.89. The van der Waals surface area contributed by atoms with Crippen LogP contribution in [0.3, 0.4) is 0 Å². The van der Waals surface area contributed by atoms with Crippen molar-refractivity contribution in [3.8, 4) is 11.3 Å². The van der Waals surface area contributed by atoms with Gasteiger partial charge in [-0.25, -0.2) is 9.37 Å². The first-order valence-corrected chi connectivity index (χ1v) is 11.0. The van der Waals surface area contributed by atoms with Crippen molar-refractivity contribution in [1.29, 1.82) is 0 Å². The van der Waals surface area contributed by atoms with Crippen molar-refractivity contribution in [2.75, 3.05) is 0 Å². The largest absolute Gasteiger partial charge is 0.391 e. The number of aromatic nitrogens is 2. The minimum absolute atomic E-state index is 0.0861. The molecule has 1 aromatic carbocycles. The molecule has 4 rings (SSSR count). The van der Waals surface area contributed by atoms with Gasteiger partial charge >= 0.3 is 0 Å². The van der Waals surface area contributed by atoms with E-state index >= 15 is 0 Å². The van der Waals surface area contributed by atoms with Gasteiger partial charge in [0, 0.05) is 30.4 Å². The van der Waals surface area contributed by atoms with Crippen molar-refractivity contribution in [1.82, 2.24) is 9.97 Å². The van der Waals surface area contributed by atoms with E-state index in [0.717, 1.165) is 23.1 Å². The summed E-state index contributed by atoms with van der Waals surface area (Å²) >= 11 is 0. The van der Waals surface area contributed by atoms with Gasteiger partial charge in [0.05, 0.1) is 11.8 Å². The number of hydrogen-bond acceptors (Lipinski definition) is 5. The number of nitrogens with two attached hydrogens (primary N) is 1. The van der Waals surface area contributed by atoms with Gasteiger partial charge in [0.1, 0.15) is 11.5 Å². The van der Waals surface area contributed by atoms with Crippen molar-refractivity contribution >= 4 is 5.78 Å². The van der Waals surface area contributed by atoms with E-state index in [0.29, 0.717) is 23.4 Å². The zero-order chi connectivity index (χ0) is 22.8. The maximum absolute atomic E-state index is 14.3. The number of aliphatic hydroxyl groups is 1. The average molecular weight is 434 g/mol. The Morgan fingerprint density at radius 3 is 2.81 bits per heavy atom. The smallest absolute Gasteiger partial charge is 0.185 e. The normalized spacial score (nSPS) is 23.2. The molecule has 6 heteroatoms. The third-order valence-corrected chi connectivity index (χ3v) is 6.40. The second-order valence-electron chi connectivity index (χ2n) is 8.87. The highest BCUT2D eigenvalue weighted by molar-refractivity contribution is 5.96. The molecule has 0 aliphatic heterocycles. The quantitative estimate of drug-likeness (QED) is 0.588. The van der Waals surface area contributed by atoms with Crippen molar-refractivity contribution in [3.63, 3.8) is 0 Å². The van der Waals surface area contributed by atoms with E-state index in [1.807, 2.05) is 19.9 Å². The molecule has 5 nitrogen and oxygen atoms in total. The first kappa shape index (κ1) is 22.2. The van der Waals surface area contributed by atoms with Gasteiger partial charge in [-0.05, 0) is 73.1 Å². The summed E-state index contributed by atoms with van der Waals surface area (Å²) in [6.07, 6.45) is 4.56. The number of aryl methyl sites for hydroxylation is 1. The highest BCUT2D eigenvalue weighted by atomic mass is 19.1. The van der Waals surface area contributed by atoms with Gasteiger partial charge in [-0.2, -0.15) is 0 Å². The molecule has 0 spiro atoms. The lowest BCUT2D eigenvalue weighted by molar-refractivity contribution is 0.0519. The number of pyridine rings is 2. The molecule has 2 aromatic heterocycles. The number of aliphatic hydroxyl groups excluding tert-OH is 1. The predicted molar refractivity (Wildman–Crippen MR) is 122 cm³/mol. The molecule has 1 aliphatic carbocycles. The molecule has 1 fully saturated rings. The third-order valence-electron chi connectivity index (χ3n) is 6.40. The number of rotatable bonds is 5. The first-order chi connectivity index (χ1) is 15.3. The fourth-order valence-corrected chi connectivity index (χ4v) is 4.65. The van der Waals surface area contributed by atoms with Crippen molar-refractivity contribution < 1.29 is 14.3 Å². The molecule has 1 saturated carbocycles. The lowest BCUT2D eigenvalue weighted by Crippen LogP contribution is -2.44. The topological polar surface area (TPSA) is 89.1 Å². The van der Waals surface area contributed by atoms with Crippen molar-refractivity contribution in [2.45, 2.75) is 51.2 Å². The van der Waals surface area contributed by atoms with Gasteiger partial charge in [-0.3, -0.25) is 9.78 Å². The summed E-state index contributed by atoms with van der Waals surface area (Å²) < 4.78 is 14.3. The number of carbonyl (C=O) groups is 1. The van der Waals surface area contributed by atoms with Gasteiger partial charge in [-0.1, -0.05) is 24.6 Å². The van der Waals surface area contributed by atoms with Crippen LogP contribution in [0.2, 0.25) is 0 Å². The molecule has 3 N–H and O–H groups in total. The Bertz CT molecular complexity index is 1120. The molecular formula is C26H28FN3O2. The monoisotopic (exact) mass is 433 g/mol. The average Bonchev–Trinajstić information content (AvgIpc) is 2.79. The maximum Gasteiger partial charge on any atom is 0.185 e. The van der Waals surface area contributed by atoms with Crippen LogP contribution >= 0.6 is 0 Å². The van der Waals surface area contributed by atoms with Crippen LogP contribution in [0.25, 0.3) is 11.3 Å². The van der Waals surface area contributed by atoms with Gasteiger partial charge < -0.3 is 10.8 Å². The van der Waals surface area contributed by atoms with E-state index in [4.69, 9.17) is 5.73 Å². The Balaban J connectivity index is 1.59. The van der Waals surface area contributed by atoms with Crippen molar-refractivity contribution in [3.05, 3.63) is 83.1 Å². The van der Waals surface area contributed by atoms with Crippen LogP contribution in [-0.4, -0.2) is 33.0 Å². The van der Waals surface area contributed by atoms with Gasteiger partial charge in [0.25, 0.3) is 0 Å². The zero-order valence-corrected chi connectivity index (χ0v) is 18.3. The summed E-state index contributed by atoms with van der Waals surface area (Å²) in [5, 5.41) is 10.2. The Morgan fingerprint density at radius 2 is 2.03 bits per heavy atom. The molecule has 0 saturated heterocycles. The number of Topliss-reactive ketones (excluding diaryl/α,β-unsaturated/α-hetero) is 1. The number of benzene rings is 1. The van der Waals surface area contributed by atoms with Crippen LogP contribution in [0.4, 0.5) is 4.39 Å². The molecule has 0 bridgehead atoms. The molecule has 166 valence electrons. The van der Waals surface area contributed by atoms with E-state index in [1.54, 1.807) is 42.7 Å². The fraction of sp³-hybridized carbons (Fsp3) is 0.346. The van der Waals surface area contributed by atoms with Crippen LogP contribution in [0.5, 0.6) is 0 Å². The Labute approximate surface area is 187 Å². The zero-order valence-electron chi connectivity index (χ0n) is 18.3. The van der Waals surface area contributed by atoms with Crippen LogP contribution in [0.15, 0.2) is 54.9 Å². The predicted octanol–water partition coefficient (Wildman–Crippen LogP) is 4.22. The number of hydrogen-bond donors (Lipinski definition) is 2. The van der Waals surface area contributed by atoms with Crippen LogP contribution in [0.1, 0.15) is 52.9 Å². The Kier molecular flexibility index (Phi) is 6.44. The second kappa shape index (κ2) is 9.27. The highest BCUT2D eigenvalue weighted by Gasteiger charge is 2.33. The molecule has 32 heavy (non-hydrogen) atoms. The van der Waals surface area contributed by atoms with Gasteiger partial charge in [0.2, 0.25) is 0 Å². The van der Waals surface area contributed by atoms with Crippen LogP contribution in [0, 0.1) is 18.7 Å². The number of ketones is 1. The van der Waals surface area contributed by atoms with E-state index < -0.39 is 6.10 Å². The SMILES string of the molecule is Cc1ccc(F)c(-c2cccc(C(=O)Cc3cnccc3[C@H]3C[C@@H](N)[C@@H](O)[C@@H](C)C3)n2)c1. The maximum atomic E-state index is 14.3. The van der Waals surface area contributed by atoms with Crippen molar-refractivity contribution in [2.24, 2.45) is 11.7 Å². The summed E-state index contributed by atoms with van der Waals surface area (Å²) in [7, 11) is 0. The molecule has 0 unspecified atom stereocenters. The van der Waals surface area contributed by atoms with Gasteiger partial charge in [0.15, 0.2) is 5.78 Å². The van der Waals surface area contributed by atoms with E-state index in [2.05, 4.69) is 9.97 Å². The lowest BCUT2D eigenvalue weighted by atomic mass is 9.74. The minimum Gasteiger partial charge on any atom is -0.391 e. The number of carbonyl (C=O) groups excluding carboxylic acids is 1. The van der Waals surface area contributed by atoms with E-state index in [-0.39, 0.29) is 35.9 Å². The first-order valence-electron chi connectivity index (χ1n) is 11.0. The lowest BCUT2D eigenvalue weighted by Gasteiger charge is -2.36. The van der Waals surface area contributed by atoms with E-state index in [1.165, 1.54) is 6.07 Å².